The third kappa shape index (κ3) is 2.15. The van der Waals surface area contributed by atoms with E-state index >= 15 is 0 Å². The fourth-order valence-corrected chi connectivity index (χ4v) is 3.53. The van der Waals surface area contributed by atoms with Crippen LogP contribution in [0, 0.1) is 0 Å². The Morgan fingerprint density at radius 3 is 2.67 bits per heavy atom. The molecule has 2 heterocycles. The van der Waals surface area contributed by atoms with Gasteiger partial charge in [0.05, 0.1) is 18.9 Å². The highest BCUT2D eigenvalue weighted by Gasteiger charge is 2.17. The molecule has 106 valence electrons. The molecule has 0 aliphatic heterocycles. The molecule has 3 rings (SSSR count). The van der Waals surface area contributed by atoms with Gasteiger partial charge in [-0.25, -0.2) is 0 Å². The van der Waals surface area contributed by atoms with Crippen molar-refractivity contribution >= 4 is 44.6 Å². The van der Waals surface area contributed by atoms with Crippen molar-refractivity contribution in [2.24, 2.45) is 0 Å². The minimum Gasteiger partial charge on any atom is -0.495 e. The van der Waals surface area contributed by atoms with Crippen LogP contribution in [0.15, 0.2) is 30.6 Å². The molecule has 2 aromatic heterocycles. The largest absolute Gasteiger partial charge is 0.495 e. The van der Waals surface area contributed by atoms with Gasteiger partial charge >= 0.3 is 0 Å². The number of carbonyl (C=O) groups is 1. The van der Waals surface area contributed by atoms with Crippen molar-refractivity contribution in [2.75, 3.05) is 14.2 Å². The lowest BCUT2D eigenvalue weighted by molar-refractivity contribution is -0.104. The number of rotatable bonds is 4. The molecule has 0 amide bonds. The number of allylic oxidation sites excluding steroid dienone is 1. The summed E-state index contributed by atoms with van der Waals surface area (Å²) in [5, 5.41) is 2.84. The molecule has 3 aromatic rings. The summed E-state index contributed by atoms with van der Waals surface area (Å²) < 4.78 is 12.2. The van der Waals surface area contributed by atoms with E-state index in [1.54, 1.807) is 44.0 Å². The lowest BCUT2D eigenvalue weighted by Crippen LogP contribution is -1.91. The zero-order chi connectivity index (χ0) is 14.8. The molecule has 4 nitrogen and oxygen atoms in total. The van der Waals surface area contributed by atoms with Crippen molar-refractivity contribution in [3.05, 3.63) is 35.5 Å². The van der Waals surface area contributed by atoms with Gasteiger partial charge in [0.25, 0.3) is 0 Å². The Balaban J connectivity index is 2.44. The van der Waals surface area contributed by atoms with E-state index in [0.29, 0.717) is 0 Å². The second-order valence-corrected chi connectivity index (χ2v) is 5.46. The van der Waals surface area contributed by atoms with Gasteiger partial charge in [0, 0.05) is 33.4 Å². The molecule has 0 saturated heterocycles. The van der Waals surface area contributed by atoms with Crippen LogP contribution in [0.1, 0.15) is 4.88 Å². The second-order valence-electron chi connectivity index (χ2n) is 4.37. The van der Waals surface area contributed by atoms with E-state index in [4.69, 9.17) is 9.47 Å². The number of aromatic nitrogens is 1. The molecule has 0 radical (unpaired) electrons. The molecular weight excluding hydrogens is 286 g/mol. The molecule has 0 unspecified atom stereocenters. The first-order valence-electron chi connectivity index (χ1n) is 6.33. The van der Waals surface area contributed by atoms with Crippen molar-refractivity contribution in [1.82, 2.24) is 4.98 Å². The highest BCUT2D eigenvalue weighted by atomic mass is 32.1. The van der Waals surface area contributed by atoms with Crippen LogP contribution in [0.5, 0.6) is 11.5 Å². The van der Waals surface area contributed by atoms with E-state index in [1.165, 1.54) is 6.08 Å². The molecular formula is C16H13NO3S. The van der Waals surface area contributed by atoms with E-state index in [1.807, 2.05) is 12.1 Å². The van der Waals surface area contributed by atoms with Crippen molar-refractivity contribution in [3.8, 4) is 11.5 Å². The Labute approximate surface area is 125 Å². The number of hydrogen-bond donors (Lipinski definition) is 0. The van der Waals surface area contributed by atoms with E-state index < -0.39 is 0 Å². The average Bonchev–Trinajstić information content (AvgIpc) is 2.93. The van der Waals surface area contributed by atoms with Crippen LogP contribution in [0.2, 0.25) is 0 Å². The molecule has 0 atom stereocenters. The summed E-state index contributed by atoms with van der Waals surface area (Å²) in [6.45, 7) is 0. The van der Waals surface area contributed by atoms with Crippen molar-refractivity contribution in [2.45, 2.75) is 0 Å². The van der Waals surface area contributed by atoms with Crippen molar-refractivity contribution in [1.29, 1.82) is 0 Å². The lowest BCUT2D eigenvalue weighted by atomic mass is 10.1. The van der Waals surface area contributed by atoms with Gasteiger partial charge in [-0.2, -0.15) is 0 Å². The second kappa shape index (κ2) is 5.54. The zero-order valence-corrected chi connectivity index (χ0v) is 12.4. The van der Waals surface area contributed by atoms with Crippen LogP contribution in [0.3, 0.4) is 0 Å². The van der Waals surface area contributed by atoms with Crippen molar-refractivity contribution in [3.63, 3.8) is 0 Å². The van der Waals surface area contributed by atoms with Gasteiger partial charge in [-0.15, -0.1) is 11.3 Å². The topological polar surface area (TPSA) is 48.4 Å². The summed E-state index contributed by atoms with van der Waals surface area (Å²) in [7, 11) is 3.30. The Morgan fingerprint density at radius 1 is 1.14 bits per heavy atom. The summed E-state index contributed by atoms with van der Waals surface area (Å²) in [6, 6.07) is 3.91. The minimum absolute atomic E-state index is 0.763. The van der Waals surface area contributed by atoms with Gasteiger partial charge in [0.1, 0.15) is 17.8 Å². The average molecular weight is 299 g/mol. The van der Waals surface area contributed by atoms with Crippen LogP contribution >= 0.6 is 11.3 Å². The molecule has 0 bridgehead atoms. The van der Waals surface area contributed by atoms with E-state index in [9.17, 15) is 4.79 Å². The molecule has 1 aromatic carbocycles. The SMILES string of the molecule is COc1c2cnccc2c(OC)c2sc(/C=C/C=O)cc12. The lowest BCUT2D eigenvalue weighted by Gasteiger charge is -2.11. The molecule has 0 fully saturated rings. The van der Waals surface area contributed by atoms with Gasteiger partial charge in [-0.1, -0.05) is 0 Å². The van der Waals surface area contributed by atoms with Gasteiger partial charge in [0.15, 0.2) is 0 Å². The molecule has 21 heavy (non-hydrogen) atoms. The number of pyridine rings is 1. The number of nitrogens with zero attached hydrogens (tertiary/aromatic N) is 1. The molecule has 5 heteroatoms. The smallest absolute Gasteiger partial charge is 0.144 e. The maximum Gasteiger partial charge on any atom is 0.144 e. The normalized spacial score (nSPS) is 11.3. The van der Waals surface area contributed by atoms with Gasteiger partial charge < -0.3 is 9.47 Å². The monoisotopic (exact) mass is 299 g/mol. The maximum absolute atomic E-state index is 10.5. The van der Waals surface area contributed by atoms with E-state index in [-0.39, 0.29) is 0 Å². The molecule has 0 saturated carbocycles. The zero-order valence-electron chi connectivity index (χ0n) is 11.6. The number of ether oxygens (including phenoxy) is 2. The Kier molecular flexibility index (Phi) is 3.58. The van der Waals surface area contributed by atoms with Crippen molar-refractivity contribution < 1.29 is 14.3 Å². The van der Waals surface area contributed by atoms with E-state index in [2.05, 4.69) is 4.98 Å². The maximum atomic E-state index is 10.5. The van der Waals surface area contributed by atoms with Crippen LogP contribution in [0.25, 0.3) is 26.9 Å². The van der Waals surface area contributed by atoms with Gasteiger partial charge in [-0.05, 0) is 24.3 Å². The van der Waals surface area contributed by atoms with Crippen LogP contribution in [-0.2, 0) is 4.79 Å². The number of fused-ring (bicyclic) bond motifs is 2. The fraction of sp³-hybridized carbons (Fsp3) is 0.125. The van der Waals surface area contributed by atoms with Gasteiger partial charge in [-0.3, -0.25) is 9.78 Å². The number of aldehydes is 1. The Hall–Kier alpha value is -2.40. The number of carbonyl (C=O) groups excluding carboxylic acids is 1. The summed E-state index contributed by atoms with van der Waals surface area (Å²) in [4.78, 5) is 15.6. The number of methoxy groups -OCH3 is 2. The Bertz CT molecular complexity index is 791. The highest BCUT2D eigenvalue weighted by molar-refractivity contribution is 7.20. The third-order valence-electron chi connectivity index (χ3n) is 3.26. The summed E-state index contributed by atoms with van der Waals surface area (Å²) >= 11 is 1.56. The summed E-state index contributed by atoms with van der Waals surface area (Å²) in [6.07, 6.45) is 7.52. The standard InChI is InChI=1S/C16H13NO3S/c1-19-14-12-8-10(4-3-7-18)21-16(12)15(20-2)11-5-6-17-9-13(11)14/h3-9H,1-2H3/b4-3+. The molecule has 0 aliphatic rings. The van der Waals surface area contributed by atoms with Crippen LogP contribution < -0.4 is 9.47 Å². The molecule has 0 N–H and O–H groups in total. The summed E-state index contributed by atoms with van der Waals surface area (Å²) in [5.74, 6) is 1.58. The Morgan fingerprint density at radius 2 is 1.95 bits per heavy atom. The highest BCUT2D eigenvalue weighted by Crippen LogP contribution is 2.46. The molecule has 0 aliphatic carbocycles. The summed E-state index contributed by atoms with van der Waals surface area (Å²) in [5.41, 5.74) is 0. The quantitative estimate of drug-likeness (QED) is 0.544. The first kappa shape index (κ1) is 13.6. The van der Waals surface area contributed by atoms with Crippen LogP contribution in [-0.4, -0.2) is 25.5 Å². The van der Waals surface area contributed by atoms with Crippen LogP contribution in [0.4, 0.5) is 0 Å². The predicted octanol–water partition coefficient (Wildman–Crippen LogP) is 3.68. The molecule has 0 spiro atoms. The van der Waals surface area contributed by atoms with E-state index in [0.717, 1.165) is 43.5 Å². The number of thiophene rings is 1. The minimum atomic E-state index is 0.763. The first-order valence-corrected chi connectivity index (χ1v) is 7.14. The fourth-order valence-electron chi connectivity index (χ4n) is 2.43. The number of hydrogen-bond acceptors (Lipinski definition) is 5. The number of benzene rings is 1. The third-order valence-corrected chi connectivity index (χ3v) is 4.36. The van der Waals surface area contributed by atoms with Gasteiger partial charge in [0.2, 0.25) is 0 Å². The predicted molar refractivity (Wildman–Crippen MR) is 85.3 cm³/mol. The first-order chi connectivity index (χ1) is 10.3.